The fraction of sp³-hybridized carbons (Fsp3) is 0.455. The van der Waals surface area contributed by atoms with E-state index in [4.69, 9.17) is 14.7 Å². The molecule has 0 saturated heterocycles. The number of rotatable bonds is 0. The van der Waals surface area contributed by atoms with Gasteiger partial charge in [-0.1, -0.05) is 45.0 Å². The van der Waals surface area contributed by atoms with Gasteiger partial charge in [0.05, 0.1) is 0 Å². The Morgan fingerprint density at radius 3 is 1.67 bits per heavy atom. The summed E-state index contributed by atoms with van der Waals surface area (Å²) in [6.07, 6.45) is 0. The Morgan fingerprint density at radius 1 is 1.00 bits per heavy atom. The molecule has 1 aromatic rings. The highest BCUT2D eigenvalue weighted by Crippen LogP contribution is 2.24. The van der Waals surface area contributed by atoms with Gasteiger partial charge in [0.15, 0.2) is 0 Å². The largest absolute Gasteiger partial charge is 0.328 e. The third-order valence-electron chi connectivity index (χ3n) is 1.95. The molecule has 0 aliphatic carbocycles. The maximum absolute atomic E-state index is 7.23. The molecule has 1 aromatic carbocycles. The van der Waals surface area contributed by atoms with Crippen LogP contribution in [0.15, 0.2) is 24.3 Å². The van der Waals surface area contributed by atoms with Crippen molar-refractivity contribution in [3.05, 3.63) is 35.4 Å². The van der Waals surface area contributed by atoms with E-state index in [1.54, 1.807) is 0 Å². The summed E-state index contributed by atoms with van der Waals surface area (Å²) in [5, 5.41) is 0. The lowest BCUT2D eigenvalue weighted by Crippen LogP contribution is -2.12. The van der Waals surface area contributed by atoms with Crippen LogP contribution in [0.1, 0.15) is 31.9 Å². The Hall–Kier alpha value is -0.470. The molecule has 0 aliphatic rings. The molecule has 0 fully saturated rings. The Morgan fingerprint density at radius 2 is 1.40 bits per heavy atom. The summed E-state index contributed by atoms with van der Waals surface area (Å²) in [6, 6.07) is 8.56. The van der Waals surface area contributed by atoms with Crippen molar-refractivity contribution in [2.24, 2.45) is 0 Å². The summed E-state index contributed by atoms with van der Waals surface area (Å²) in [6.45, 7) is 8.90. The first-order valence-electron chi connectivity index (χ1n) is 4.68. The first kappa shape index (κ1) is 14.5. The van der Waals surface area contributed by atoms with Crippen molar-refractivity contribution >= 4 is 8.60 Å². The third kappa shape index (κ3) is 6.58. The maximum atomic E-state index is 7.23. The Bertz CT molecular complexity index is 289. The fourth-order valence-electron chi connectivity index (χ4n) is 1.41. The topological polar surface area (TPSA) is 60.7 Å². The first-order valence-corrected chi connectivity index (χ1v) is 5.88. The lowest BCUT2D eigenvalue weighted by atomic mass is 9.84. The highest BCUT2D eigenvalue weighted by molar-refractivity contribution is 7.38. The molecule has 4 heteroatoms. The number of hydrogen-bond donors (Lipinski definition) is 3. The van der Waals surface area contributed by atoms with Crippen LogP contribution in [-0.2, 0) is 5.41 Å². The zero-order valence-electron chi connectivity index (χ0n) is 9.60. The van der Waals surface area contributed by atoms with Crippen LogP contribution in [0.5, 0.6) is 0 Å². The summed E-state index contributed by atoms with van der Waals surface area (Å²) in [7, 11) is -2.62. The van der Waals surface area contributed by atoms with Crippen molar-refractivity contribution in [1.29, 1.82) is 0 Å². The fourth-order valence-corrected chi connectivity index (χ4v) is 1.41. The van der Waals surface area contributed by atoms with E-state index in [1.807, 2.05) is 0 Å². The average molecular weight is 230 g/mol. The molecule has 3 N–H and O–H groups in total. The molecule has 3 nitrogen and oxygen atoms in total. The highest BCUT2D eigenvalue weighted by atomic mass is 31.2. The van der Waals surface area contributed by atoms with Crippen LogP contribution < -0.4 is 0 Å². The molecule has 15 heavy (non-hydrogen) atoms. The van der Waals surface area contributed by atoms with Crippen molar-refractivity contribution in [3.8, 4) is 0 Å². The van der Waals surface area contributed by atoms with Crippen LogP contribution in [-0.4, -0.2) is 14.7 Å². The summed E-state index contributed by atoms with van der Waals surface area (Å²) >= 11 is 0. The zero-order chi connectivity index (χ0) is 12.1. The normalized spacial score (nSPS) is 10.9. The molecule has 86 valence electrons. The first-order chi connectivity index (χ1) is 6.75. The van der Waals surface area contributed by atoms with Crippen molar-refractivity contribution in [3.63, 3.8) is 0 Å². The third-order valence-corrected chi connectivity index (χ3v) is 1.95. The van der Waals surface area contributed by atoms with E-state index >= 15 is 0 Å². The molecule has 0 amide bonds. The number of benzene rings is 1. The molecule has 0 atom stereocenters. The van der Waals surface area contributed by atoms with E-state index in [2.05, 4.69) is 52.0 Å². The lowest BCUT2D eigenvalue weighted by Gasteiger charge is -2.21. The second-order valence-corrected chi connectivity index (χ2v) is 4.87. The number of hydrogen-bond acceptors (Lipinski definition) is 3. The summed E-state index contributed by atoms with van der Waals surface area (Å²) in [4.78, 5) is 21.7. The molecule has 1 rings (SSSR count). The Kier molecular flexibility index (Phi) is 5.99. The van der Waals surface area contributed by atoms with Gasteiger partial charge in [-0.2, -0.15) is 0 Å². The number of aryl methyl sites for hydroxylation is 1. The zero-order valence-corrected chi connectivity index (χ0v) is 10.5. The molecule has 0 spiro atoms. The van der Waals surface area contributed by atoms with Gasteiger partial charge in [-0.3, -0.25) is 0 Å². The summed E-state index contributed by atoms with van der Waals surface area (Å²) in [5.74, 6) is 0. The van der Waals surface area contributed by atoms with Gasteiger partial charge in [-0.25, -0.2) is 0 Å². The predicted molar refractivity (Wildman–Crippen MR) is 63.5 cm³/mol. The van der Waals surface area contributed by atoms with Crippen LogP contribution in [0.25, 0.3) is 0 Å². The summed E-state index contributed by atoms with van der Waals surface area (Å²) < 4.78 is 0. The second kappa shape index (κ2) is 6.19. The predicted octanol–water partition coefficient (Wildman–Crippen LogP) is 2.48. The van der Waals surface area contributed by atoms with Gasteiger partial charge >= 0.3 is 8.60 Å². The molecule has 0 saturated carbocycles. The standard InChI is InChI=1S/C11H16.H3O3P/c1-9-7-5-6-8-10(9)11(2,3)4;1-4(2)3/h5-8H,1-4H3;1-3H. The average Bonchev–Trinajstić information content (AvgIpc) is 2.01. The van der Waals surface area contributed by atoms with E-state index in [-0.39, 0.29) is 5.41 Å². The van der Waals surface area contributed by atoms with E-state index in [0.717, 1.165) is 0 Å². The van der Waals surface area contributed by atoms with E-state index in [0.29, 0.717) is 0 Å². The molecule has 0 unspecified atom stereocenters. The molecule has 0 bridgehead atoms. The SMILES string of the molecule is Cc1ccccc1C(C)(C)C.OP(O)O. The second-order valence-electron chi connectivity index (χ2n) is 4.33. The Labute approximate surface area is 92.4 Å². The van der Waals surface area contributed by atoms with Crippen molar-refractivity contribution in [1.82, 2.24) is 0 Å². The van der Waals surface area contributed by atoms with Crippen molar-refractivity contribution in [2.45, 2.75) is 33.1 Å². The monoisotopic (exact) mass is 230 g/mol. The van der Waals surface area contributed by atoms with Crippen LogP contribution in [0.2, 0.25) is 0 Å². The molecular weight excluding hydrogens is 211 g/mol. The van der Waals surface area contributed by atoms with Gasteiger partial charge in [0.25, 0.3) is 0 Å². The van der Waals surface area contributed by atoms with Gasteiger partial charge < -0.3 is 14.7 Å². The van der Waals surface area contributed by atoms with Gasteiger partial charge in [-0.15, -0.1) is 0 Å². The van der Waals surface area contributed by atoms with Crippen molar-refractivity contribution in [2.75, 3.05) is 0 Å². The van der Waals surface area contributed by atoms with Gasteiger partial charge in [-0.05, 0) is 23.5 Å². The van der Waals surface area contributed by atoms with Crippen LogP contribution in [0.3, 0.4) is 0 Å². The minimum Gasteiger partial charge on any atom is -0.328 e. The molecule has 0 aliphatic heterocycles. The Balaban J connectivity index is 0.000000423. The molecule has 0 aromatic heterocycles. The van der Waals surface area contributed by atoms with Gasteiger partial charge in [0.2, 0.25) is 0 Å². The van der Waals surface area contributed by atoms with Crippen LogP contribution >= 0.6 is 8.60 Å². The minimum absolute atomic E-state index is 0.283. The maximum Gasteiger partial charge on any atom is 0.324 e. The van der Waals surface area contributed by atoms with Crippen LogP contribution in [0.4, 0.5) is 0 Å². The van der Waals surface area contributed by atoms with Gasteiger partial charge in [0.1, 0.15) is 0 Å². The van der Waals surface area contributed by atoms with E-state index < -0.39 is 8.60 Å². The minimum atomic E-state index is -2.62. The quantitative estimate of drug-likeness (QED) is 0.600. The molecular formula is C11H19O3P. The molecule has 0 radical (unpaired) electrons. The lowest BCUT2D eigenvalue weighted by molar-refractivity contribution is 0.368. The van der Waals surface area contributed by atoms with E-state index in [1.165, 1.54) is 11.1 Å². The smallest absolute Gasteiger partial charge is 0.324 e. The summed E-state index contributed by atoms with van der Waals surface area (Å²) in [5.41, 5.74) is 3.12. The van der Waals surface area contributed by atoms with E-state index in [9.17, 15) is 0 Å². The van der Waals surface area contributed by atoms with Gasteiger partial charge in [0, 0.05) is 0 Å². The highest BCUT2D eigenvalue weighted by Gasteiger charge is 2.14. The van der Waals surface area contributed by atoms with Crippen molar-refractivity contribution < 1.29 is 14.7 Å². The van der Waals surface area contributed by atoms with Crippen LogP contribution in [0, 0.1) is 6.92 Å². The molecule has 0 heterocycles.